The predicted octanol–water partition coefficient (Wildman–Crippen LogP) is 1.42. The smallest absolute Gasteiger partial charge is 0.215 e. The maximum absolute atomic E-state index is 11.7. The van der Waals surface area contributed by atoms with E-state index in [1.165, 1.54) is 7.05 Å². The zero-order valence-electron chi connectivity index (χ0n) is 17.6. The van der Waals surface area contributed by atoms with Crippen LogP contribution in [-0.4, -0.2) is 64.0 Å². The molecule has 3 rings (SSSR count). The van der Waals surface area contributed by atoms with Gasteiger partial charge >= 0.3 is 0 Å². The Morgan fingerprint density at radius 2 is 1.77 bits per heavy atom. The van der Waals surface area contributed by atoms with Crippen LogP contribution in [0.25, 0.3) is 0 Å². The number of aromatic nitrogens is 1. The number of nitrogens with one attached hydrogen (secondary N) is 2. The van der Waals surface area contributed by atoms with Gasteiger partial charge in [0, 0.05) is 38.9 Å². The first kappa shape index (κ1) is 22.0. The van der Waals surface area contributed by atoms with Crippen LogP contribution >= 0.6 is 0 Å². The Morgan fingerprint density at radius 3 is 2.37 bits per heavy atom. The van der Waals surface area contributed by atoms with E-state index in [1.807, 2.05) is 48.7 Å². The third kappa shape index (κ3) is 6.17. The summed E-state index contributed by atoms with van der Waals surface area (Å²) in [4.78, 5) is 13.8. The average Bonchev–Trinajstić information content (AvgIpc) is 2.78. The molecule has 1 aromatic heterocycles. The second kappa shape index (κ2) is 10.4. The van der Waals surface area contributed by atoms with Crippen LogP contribution in [0.4, 0.5) is 5.82 Å². The van der Waals surface area contributed by atoms with E-state index >= 15 is 0 Å². The average molecular weight is 431 g/mol. The molecule has 9 heteroatoms. The fourth-order valence-corrected chi connectivity index (χ4v) is 4.09. The number of aliphatic imine (C=N–C) groups is 1. The molecular formula is C21H30N6O2S. The number of anilines is 1. The Labute approximate surface area is 179 Å². The standard InChI is InChI=1S/C21H30N6O2S/c1-3-23-21(27-14-12-26(13-15-27)20-6-4-5-11-24-20)25-16-18-7-9-19(10-8-18)17-30(28,29)22-2/h4-11,22H,3,12-17H2,1-2H3,(H,23,25). The molecular weight excluding hydrogens is 400 g/mol. The number of nitrogens with zero attached hydrogens (tertiary/aromatic N) is 4. The maximum Gasteiger partial charge on any atom is 0.215 e. The minimum Gasteiger partial charge on any atom is -0.357 e. The normalized spacial score (nSPS) is 15.3. The number of guanidine groups is 1. The Kier molecular flexibility index (Phi) is 7.64. The van der Waals surface area contributed by atoms with E-state index in [0.29, 0.717) is 6.54 Å². The van der Waals surface area contributed by atoms with Gasteiger partial charge in [-0.25, -0.2) is 23.1 Å². The van der Waals surface area contributed by atoms with E-state index in [2.05, 4.69) is 31.7 Å². The highest BCUT2D eigenvalue weighted by Crippen LogP contribution is 2.13. The number of hydrogen-bond acceptors (Lipinski definition) is 5. The van der Waals surface area contributed by atoms with E-state index < -0.39 is 10.0 Å². The fourth-order valence-electron chi connectivity index (χ4n) is 3.31. The van der Waals surface area contributed by atoms with Crippen LogP contribution in [0.15, 0.2) is 53.7 Å². The highest BCUT2D eigenvalue weighted by Gasteiger charge is 2.20. The van der Waals surface area contributed by atoms with Crippen LogP contribution in [0.5, 0.6) is 0 Å². The summed E-state index contributed by atoms with van der Waals surface area (Å²) in [5.74, 6) is 1.90. The molecule has 0 radical (unpaired) electrons. The molecule has 2 heterocycles. The first-order chi connectivity index (χ1) is 14.5. The summed E-state index contributed by atoms with van der Waals surface area (Å²) in [6, 6.07) is 13.6. The fraction of sp³-hybridized carbons (Fsp3) is 0.429. The summed E-state index contributed by atoms with van der Waals surface area (Å²) >= 11 is 0. The van der Waals surface area contributed by atoms with Crippen molar-refractivity contribution >= 4 is 21.8 Å². The summed E-state index contributed by atoms with van der Waals surface area (Å²) in [7, 11) is -1.83. The molecule has 1 fully saturated rings. The SMILES string of the molecule is CCNC(=NCc1ccc(CS(=O)(=O)NC)cc1)N1CCN(c2ccccn2)CC1. The van der Waals surface area contributed by atoms with Gasteiger partial charge < -0.3 is 15.1 Å². The van der Waals surface area contributed by atoms with Crippen molar-refractivity contribution in [1.82, 2.24) is 19.9 Å². The van der Waals surface area contributed by atoms with E-state index in [4.69, 9.17) is 4.99 Å². The van der Waals surface area contributed by atoms with Crippen molar-refractivity contribution in [2.45, 2.75) is 19.2 Å². The van der Waals surface area contributed by atoms with E-state index in [1.54, 1.807) is 0 Å². The van der Waals surface area contributed by atoms with Gasteiger partial charge in [-0.3, -0.25) is 0 Å². The number of piperazine rings is 1. The lowest BCUT2D eigenvalue weighted by Crippen LogP contribution is -2.52. The molecule has 1 aromatic carbocycles. The van der Waals surface area contributed by atoms with Gasteiger partial charge in [0.25, 0.3) is 0 Å². The monoisotopic (exact) mass is 430 g/mol. The molecule has 30 heavy (non-hydrogen) atoms. The van der Waals surface area contributed by atoms with Crippen LogP contribution in [0.3, 0.4) is 0 Å². The van der Waals surface area contributed by atoms with Crippen molar-refractivity contribution in [3.8, 4) is 0 Å². The van der Waals surface area contributed by atoms with Gasteiger partial charge in [0.1, 0.15) is 5.82 Å². The Hall–Kier alpha value is -2.65. The summed E-state index contributed by atoms with van der Waals surface area (Å²) in [5.41, 5.74) is 1.80. The van der Waals surface area contributed by atoms with Crippen molar-refractivity contribution in [2.75, 3.05) is 44.7 Å². The second-order valence-electron chi connectivity index (χ2n) is 7.11. The molecule has 1 aliphatic heterocycles. The minimum atomic E-state index is -3.26. The van der Waals surface area contributed by atoms with Crippen molar-refractivity contribution in [2.24, 2.45) is 4.99 Å². The summed E-state index contributed by atoms with van der Waals surface area (Å²) in [5, 5.41) is 3.38. The number of rotatable bonds is 7. The van der Waals surface area contributed by atoms with Crippen molar-refractivity contribution < 1.29 is 8.42 Å². The van der Waals surface area contributed by atoms with Crippen LogP contribution in [-0.2, 0) is 22.3 Å². The molecule has 0 atom stereocenters. The topological polar surface area (TPSA) is 89.9 Å². The van der Waals surface area contributed by atoms with Crippen LogP contribution in [0, 0.1) is 0 Å². The van der Waals surface area contributed by atoms with Gasteiger partial charge in [0.2, 0.25) is 10.0 Å². The molecule has 2 aromatic rings. The van der Waals surface area contributed by atoms with Crippen LogP contribution in [0.2, 0.25) is 0 Å². The zero-order chi connectivity index (χ0) is 21.4. The summed E-state index contributed by atoms with van der Waals surface area (Å²) in [6.45, 7) is 6.97. The molecule has 8 nitrogen and oxygen atoms in total. The Balaban J connectivity index is 1.59. The molecule has 0 saturated carbocycles. The number of benzene rings is 1. The van der Waals surface area contributed by atoms with Crippen molar-refractivity contribution in [3.05, 3.63) is 59.8 Å². The molecule has 0 spiro atoms. The van der Waals surface area contributed by atoms with E-state index in [-0.39, 0.29) is 5.75 Å². The number of sulfonamides is 1. The van der Waals surface area contributed by atoms with Gasteiger partial charge in [0.05, 0.1) is 12.3 Å². The molecule has 0 aliphatic carbocycles. The van der Waals surface area contributed by atoms with Crippen LogP contribution in [0.1, 0.15) is 18.1 Å². The maximum atomic E-state index is 11.7. The second-order valence-corrected chi connectivity index (χ2v) is 9.04. The molecule has 0 bridgehead atoms. The largest absolute Gasteiger partial charge is 0.357 e. The summed E-state index contributed by atoms with van der Waals surface area (Å²) in [6.07, 6.45) is 1.83. The quantitative estimate of drug-likeness (QED) is 0.510. The van der Waals surface area contributed by atoms with Gasteiger partial charge in [-0.15, -0.1) is 0 Å². The highest BCUT2D eigenvalue weighted by atomic mass is 32.2. The van der Waals surface area contributed by atoms with Gasteiger partial charge in [-0.05, 0) is 37.2 Å². The molecule has 0 unspecified atom stereocenters. The predicted molar refractivity (Wildman–Crippen MR) is 121 cm³/mol. The lowest BCUT2D eigenvalue weighted by atomic mass is 10.1. The van der Waals surface area contributed by atoms with Gasteiger partial charge in [0.15, 0.2) is 5.96 Å². The molecule has 1 aliphatic rings. The van der Waals surface area contributed by atoms with Gasteiger partial charge in [-0.1, -0.05) is 30.3 Å². The number of hydrogen-bond donors (Lipinski definition) is 2. The van der Waals surface area contributed by atoms with Gasteiger partial charge in [-0.2, -0.15) is 0 Å². The molecule has 1 saturated heterocycles. The first-order valence-corrected chi connectivity index (χ1v) is 11.8. The van der Waals surface area contributed by atoms with E-state index in [0.717, 1.165) is 55.6 Å². The molecule has 162 valence electrons. The molecule has 2 N–H and O–H groups in total. The highest BCUT2D eigenvalue weighted by molar-refractivity contribution is 7.88. The van der Waals surface area contributed by atoms with E-state index in [9.17, 15) is 8.42 Å². The minimum absolute atomic E-state index is 0.0176. The van der Waals surface area contributed by atoms with Crippen LogP contribution < -0.4 is 14.9 Å². The lowest BCUT2D eigenvalue weighted by molar-refractivity contribution is 0.371. The summed E-state index contributed by atoms with van der Waals surface area (Å²) < 4.78 is 25.7. The third-order valence-electron chi connectivity index (χ3n) is 4.99. The lowest BCUT2D eigenvalue weighted by Gasteiger charge is -2.37. The third-order valence-corrected chi connectivity index (χ3v) is 6.32. The number of pyridine rings is 1. The van der Waals surface area contributed by atoms with Crippen molar-refractivity contribution in [1.29, 1.82) is 0 Å². The zero-order valence-corrected chi connectivity index (χ0v) is 18.4. The Bertz CT molecular complexity index is 924. The van der Waals surface area contributed by atoms with Crippen molar-refractivity contribution in [3.63, 3.8) is 0 Å². The first-order valence-electron chi connectivity index (χ1n) is 10.2. The Morgan fingerprint density at radius 1 is 1.07 bits per heavy atom. The molecule has 0 amide bonds.